The Kier molecular flexibility index (Phi) is 3.39. The van der Waals surface area contributed by atoms with Crippen molar-refractivity contribution in [3.05, 3.63) is 34.2 Å². The van der Waals surface area contributed by atoms with Crippen LogP contribution in [0.3, 0.4) is 0 Å². The Morgan fingerprint density at radius 2 is 2.24 bits per heavy atom. The molecule has 90 valence electrons. The molecule has 0 aliphatic carbocycles. The van der Waals surface area contributed by atoms with E-state index in [-0.39, 0.29) is 5.43 Å². The second kappa shape index (κ2) is 4.97. The molecule has 0 atom stereocenters. The molecule has 2 aromatic heterocycles. The van der Waals surface area contributed by atoms with Crippen LogP contribution in [-0.2, 0) is 4.74 Å². The van der Waals surface area contributed by atoms with Gasteiger partial charge in [-0.15, -0.1) is 0 Å². The Morgan fingerprint density at radius 1 is 1.41 bits per heavy atom. The highest BCUT2D eigenvalue weighted by atomic mass is 16.5. The van der Waals surface area contributed by atoms with Crippen LogP contribution in [0.25, 0.3) is 11.0 Å². The number of pyridine rings is 2. The lowest BCUT2D eigenvalue weighted by Gasteiger charge is -2.08. The van der Waals surface area contributed by atoms with Crippen molar-refractivity contribution in [2.45, 2.75) is 6.92 Å². The summed E-state index contributed by atoms with van der Waals surface area (Å²) in [5, 5.41) is 0.533. The first kappa shape index (κ1) is 11.6. The van der Waals surface area contributed by atoms with Gasteiger partial charge < -0.3 is 14.5 Å². The van der Waals surface area contributed by atoms with Crippen LogP contribution in [0.1, 0.15) is 5.69 Å². The number of nitrogens with one attached hydrogen (secondary N) is 1. The molecule has 0 saturated heterocycles. The number of hydrogen-bond donors (Lipinski definition) is 1. The van der Waals surface area contributed by atoms with Crippen LogP contribution in [0.5, 0.6) is 5.75 Å². The van der Waals surface area contributed by atoms with Crippen LogP contribution in [0, 0.1) is 6.92 Å². The molecule has 0 aromatic carbocycles. The molecule has 0 spiro atoms. The van der Waals surface area contributed by atoms with Gasteiger partial charge in [0, 0.05) is 19.4 Å². The largest absolute Gasteiger partial charge is 0.489 e. The first-order chi connectivity index (χ1) is 8.22. The summed E-state index contributed by atoms with van der Waals surface area (Å²) in [7, 11) is 1.61. The van der Waals surface area contributed by atoms with E-state index < -0.39 is 0 Å². The van der Waals surface area contributed by atoms with Crippen LogP contribution in [0.2, 0.25) is 0 Å². The smallest absolute Gasteiger partial charge is 0.191 e. The van der Waals surface area contributed by atoms with Gasteiger partial charge in [-0.05, 0) is 13.0 Å². The number of hydrogen-bond acceptors (Lipinski definition) is 4. The highest BCUT2D eigenvalue weighted by molar-refractivity contribution is 5.76. The summed E-state index contributed by atoms with van der Waals surface area (Å²) < 4.78 is 10.4. The van der Waals surface area contributed by atoms with Crippen LogP contribution in [0.15, 0.2) is 23.1 Å². The quantitative estimate of drug-likeness (QED) is 0.809. The van der Waals surface area contributed by atoms with Gasteiger partial charge in [-0.2, -0.15) is 0 Å². The molecule has 5 heteroatoms. The molecule has 1 N–H and O–H groups in total. The van der Waals surface area contributed by atoms with Gasteiger partial charge >= 0.3 is 0 Å². The van der Waals surface area contributed by atoms with Gasteiger partial charge in [-0.3, -0.25) is 4.79 Å². The number of nitrogens with zero attached hydrogens (tertiary/aromatic N) is 1. The van der Waals surface area contributed by atoms with E-state index in [9.17, 15) is 4.79 Å². The molecule has 17 heavy (non-hydrogen) atoms. The van der Waals surface area contributed by atoms with Crippen LogP contribution < -0.4 is 10.2 Å². The Bertz CT molecular complexity index is 577. The van der Waals surface area contributed by atoms with Crippen molar-refractivity contribution in [2.75, 3.05) is 20.3 Å². The molecular formula is C12H14N2O3. The molecule has 0 saturated carbocycles. The lowest BCUT2D eigenvalue weighted by Crippen LogP contribution is -2.08. The Morgan fingerprint density at radius 3 is 3.00 bits per heavy atom. The topological polar surface area (TPSA) is 64.2 Å². The summed E-state index contributed by atoms with van der Waals surface area (Å²) in [6.45, 7) is 2.78. The highest BCUT2D eigenvalue weighted by Crippen LogP contribution is 2.19. The number of aromatic amines is 1. The maximum Gasteiger partial charge on any atom is 0.191 e. The maximum atomic E-state index is 11.6. The second-order valence-corrected chi connectivity index (χ2v) is 3.65. The molecule has 0 aliphatic heterocycles. The van der Waals surface area contributed by atoms with Crippen LogP contribution in [-0.4, -0.2) is 30.3 Å². The summed E-state index contributed by atoms with van der Waals surface area (Å²) >= 11 is 0. The zero-order chi connectivity index (χ0) is 12.3. The normalized spacial score (nSPS) is 10.7. The van der Waals surface area contributed by atoms with E-state index in [4.69, 9.17) is 9.47 Å². The van der Waals surface area contributed by atoms with Crippen molar-refractivity contribution < 1.29 is 9.47 Å². The minimum atomic E-state index is -0.0668. The molecular weight excluding hydrogens is 220 g/mol. The molecule has 2 aromatic rings. The zero-order valence-corrected chi connectivity index (χ0v) is 9.82. The van der Waals surface area contributed by atoms with Gasteiger partial charge in [-0.1, -0.05) is 0 Å². The number of H-pyrrole nitrogens is 1. The van der Waals surface area contributed by atoms with Crippen molar-refractivity contribution >= 4 is 11.0 Å². The average Bonchev–Trinajstić information content (AvgIpc) is 2.31. The Balaban J connectivity index is 2.40. The summed E-state index contributed by atoms with van der Waals surface area (Å²) in [4.78, 5) is 18.9. The van der Waals surface area contributed by atoms with Crippen LogP contribution in [0.4, 0.5) is 0 Å². The van der Waals surface area contributed by atoms with E-state index in [0.29, 0.717) is 30.0 Å². The van der Waals surface area contributed by atoms with Gasteiger partial charge in [-0.25, -0.2) is 4.98 Å². The number of aromatic nitrogens is 2. The molecule has 0 aliphatic rings. The third-order valence-corrected chi connectivity index (χ3v) is 2.43. The summed E-state index contributed by atoms with van der Waals surface area (Å²) in [6, 6.07) is 3.18. The Labute approximate surface area is 98.4 Å². The van der Waals surface area contributed by atoms with Gasteiger partial charge in [0.2, 0.25) is 0 Å². The lowest BCUT2D eigenvalue weighted by atomic mass is 10.2. The number of methoxy groups -OCH3 is 1. The minimum absolute atomic E-state index is 0.0668. The SMILES string of the molecule is COCCOc1cc2c(=O)cc[nH]c2nc1C. The monoisotopic (exact) mass is 234 g/mol. The molecule has 0 amide bonds. The number of rotatable bonds is 4. The molecule has 0 bridgehead atoms. The fourth-order valence-electron chi connectivity index (χ4n) is 1.55. The minimum Gasteiger partial charge on any atom is -0.489 e. The zero-order valence-electron chi connectivity index (χ0n) is 9.82. The number of ether oxygens (including phenoxy) is 2. The van der Waals surface area contributed by atoms with E-state index in [1.54, 1.807) is 19.4 Å². The fraction of sp³-hybridized carbons (Fsp3) is 0.333. The summed E-state index contributed by atoms with van der Waals surface area (Å²) in [5.41, 5.74) is 1.26. The van der Waals surface area contributed by atoms with E-state index >= 15 is 0 Å². The van der Waals surface area contributed by atoms with E-state index in [0.717, 1.165) is 5.69 Å². The first-order valence-corrected chi connectivity index (χ1v) is 5.33. The fourth-order valence-corrected chi connectivity index (χ4v) is 1.55. The average molecular weight is 234 g/mol. The van der Waals surface area contributed by atoms with Gasteiger partial charge in [0.1, 0.15) is 18.0 Å². The number of aryl methyl sites for hydroxylation is 1. The van der Waals surface area contributed by atoms with Gasteiger partial charge in [0.15, 0.2) is 5.43 Å². The van der Waals surface area contributed by atoms with E-state index in [1.807, 2.05) is 6.92 Å². The molecule has 0 unspecified atom stereocenters. The third-order valence-electron chi connectivity index (χ3n) is 2.43. The third kappa shape index (κ3) is 2.45. The lowest BCUT2D eigenvalue weighted by molar-refractivity contribution is 0.146. The Hall–Kier alpha value is -1.88. The second-order valence-electron chi connectivity index (χ2n) is 3.65. The van der Waals surface area contributed by atoms with Crippen molar-refractivity contribution in [3.8, 4) is 5.75 Å². The standard InChI is InChI=1S/C12H14N2O3/c1-8-11(17-6-5-16-2)7-9-10(15)3-4-13-12(9)14-8/h3-4,7H,5-6H2,1-2H3,(H,13,14,15). The number of fused-ring (bicyclic) bond motifs is 1. The first-order valence-electron chi connectivity index (χ1n) is 5.33. The maximum absolute atomic E-state index is 11.6. The van der Waals surface area contributed by atoms with Crippen molar-refractivity contribution in [3.63, 3.8) is 0 Å². The predicted molar refractivity (Wildman–Crippen MR) is 64.5 cm³/mol. The molecule has 0 radical (unpaired) electrons. The summed E-state index contributed by atoms with van der Waals surface area (Å²) in [5.74, 6) is 0.617. The van der Waals surface area contributed by atoms with Gasteiger partial charge in [0.05, 0.1) is 17.7 Å². The summed E-state index contributed by atoms with van der Waals surface area (Å²) in [6.07, 6.45) is 1.59. The van der Waals surface area contributed by atoms with Gasteiger partial charge in [0.25, 0.3) is 0 Å². The van der Waals surface area contributed by atoms with Crippen molar-refractivity contribution in [1.82, 2.24) is 9.97 Å². The predicted octanol–water partition coefficient (Wildman–Crippen LogP) is 1.26. The molecule has 5 nitrogen and oxygen atoms in total. The highest BCUT2D eigenvalue weighted by Gasteiger charge is 2.06. The van der Waals surface area contributed by atoms with E-state index in [1.165, 1.54) is 6.07 Å². The van der Waals surface area contributed by atoms with Crippen molar-refractivity contribution in [1.29, 1.82) is 0 Å². The molecule has 0 fully saturated rings. The van der Waals surface area contributed by atoms with Crippen molar-refractivity contribution in [2.24, 2.45) is 0 Å². The van der Waals surface area contributed by atoms with E-state index in [2.05, 4.69) is 9.97 Å². The molecule has 2 rings (SSSR count). The molecule has 2 heterocycles. The van der Waals surface area contributed by atoms with Crippen LogP contribution >= 0.6 is 0 Å².